The number of benzene rings is 2. The van der Waals surface area contributed by atoms with Crippen LogP contribution in [-0.4, -0.2) is 10.9 Å². The predicted molar refractivity (Wildman–Crippen MR) is 89.9 cm³/mol. The van der Waals surface area contributed by atoms with E-state index < -0.39 is 11.7 Å². The van der Waals surface area contributed by atoms with Crippen LogP contribution < -0.4 is 5.32 Å². The van der Waals surface area contributed by atoms with E-state index in [9.17, 15) is 9.18 Å². The van der Waals surface area contributed by atoms with Crippen LogP contribution in [-0.2, 0) is 6.54 Å². The molecule has 5 heteroatoms. The molecule has 1 aromatic heterocycles. The van der Waals surface area contributed by atoms with Gasteiger partial charge in [-0.1, -0.05) is 36.4 Å². The standard InChI is InChI=1S/C18H15FN2OS/c1-12-11-23-18(21-12)14-7-3-2-6-13(14)10-20-17(22)15-8-4-5-9-16(15)19/h2-9,11H,10H2,1H3,(H,20,22). The Hall–Kier alpha value is -2.53. The van der Waals surface area contributed by atoms with Crippen LogP contribution in [0.3, 0.4) is 0 Å². The first kappa shape index (κ1) is 15.4. The average Bonchev–Trinajstić information content (AvgIpc) is 2.99. The van der Waals surface area contributed by atoms with Crippen molar-refractivity contribution in [2.75, 3.05) is 0 Å². The normalized spacial score (nSPS) is 10.5. The summed E-state index contributed by atoms with van der Waals surface area (Å²) in [6, 6.07) is 13.7. The summed E-state index contributed by atoms with van der Waals surface area (Å²) < 4.78 is 13.6. The van der Waals surface area contributed by atoms with E-state index >= 15 is 0 Å². The van der Waals surface area contributed by atoms with Gasteiger partial charge in [0.2, 0.25) is 0 Å². The highest BCUT2D eigenvalue weighted by Gasteiger charge is 2.12. The first-order valence-corrected chi connectivity index (χ1v) is 8.06. The highest BCUT2D eigenvalue weighted by molar-refractivity contribution is 7.13. The molecule has 1 heterocycles. The SMILES string of the molecule is Cc1csc(-c2ccccc2CNC(=O)c2ccccc2F)n1. The first-order valence-electron chi connectivity index (χ1n) is 7.18. The van der Waals surface area contributed by atoms with Crippen LogP contribution in [0.4, 0.5) is 4.39 Å². The molecule has 1 N–H and O–H groups in total. The molecule has 0 aliphatic carbocycles. The van der Waals surface area contributed by atoms with E-state index in [1.54, 1.807) is 23.5 Å². The molecule has 0 bridgehead atoms. The van der Waals surface area contributed by atoms with Crippen molar-refractivity contribution in [3.8, 4) is 10.6 Å². The van der Waals surface area contributed by atoms with Gasteiger partial charge in [0, 0.05) is 23.2 Å². The third kappa shape index (κ3) is 3.46. The summed E-state index contributed by atoms with van der Waals surface area (Å²) >= 11 is 1.57. The first-order chi connectivity index (χ1) is 11.1. The zero-order chi connectivity index (χ0) is 16.2. The molecule has 1 amide bonds. The summed E-state index contributed by atoms with van der Waals surface area (Å²) in [5.74, 6) is -0.943. The Bertz CT molecular complexity index is 844. The minimum absolute atomic E-state index is 0.0510. The number of nitrogens with zero attached hydrogens (tertiary/aromatic N) is 1. The van der Waals surface area contributed by atoms with Crippen LogP contribution in [0.2, 0.25) is 0 Å². The van der Waals surface area contributed by atoms with Crippen molar-refractivity contribution in [1.82, 2.24) is 10.3 Å². The zero-order valence-corrected chi connectivity index (χ0v) is 13.4. The molecule has 3 rings (SSSR count). The molecule has 0 aliphatic heterocycles. The maximum absolute atomic E-state index is 13.6. The van der Waals surface area contributed by atoms with Gasteiger partial charge in [-0.05, 0) is 24.6 Å². The average molecular weight is 326 g/mol. The molecule has 3 aromatic rings. The smallest absolute Gasteiger partial charge is 0.254 e. The second-order valence-corrected chi connectivity index (χ2v) is 5.97. The molecular formula is C18H15FN2OS. The van der Waals surface area contributed by atoms with Gasteiger partial charge < -0.3 is 5.32 Å². The fourth-order valence-corrected chi connectivity index (χ4v) is 3.13. The van der Waals surface area contributed by atoms with Crippen molar-refractivity contribution in [1.29, 1.82) is 0 Å². The quantitative estimate of drug-likeness (QED) is 0.781. The second kappa shape index (κ2) is 6.71. The van der Waals surface area contributed by atoms with Gasteiger partial charge in [0.25, 0.3) is 5.91 Å². The molecule has 3 nitrogen and oxygen atoms in total. The van der Waals surface area contributed by atoms with E-state index in [0.717, 1.165) is 21.8 Å². The van der Waals surface area contributed by atoms with Gasteiger partial charge in [-0.25, -0.2) is 9.37 Å². The third-order valence-electron chi connectivity index (χ3n) is 3.42. The number of rotatable bonds is 4. The van der Waals surface area contributed by atoms with Crippen LogP contribution in [0.1, 0.15) is 21.6 Å². The lowest BCUT2D eigenvalue weighted by molar-refractivity contribution is 0.0947. The van der Waals surface area contributed by atoms with E-state index in [4.69, 9.17) is 0 Å². The van der Waals surface area contributed by atoms with E-state index in [0.29, 0.717) is 6.54 Å². The van der Waals surface area contributed by atoms with Crippen molar-refractivity contribution < 1.29 is 9.18 Å². The van der Waals surface area contributed by atoms with Crippen LogP contribution in [0.5, 0.6) is 0 Å². The minimum Gasteiger partial charge on any atom is -0.348 e. The molecule has 0 atom stereocenters. The minimum atomic E-state index is -0.520. The van der Waals surface area contributed by atoms with Crippen molar-refractivity contribution >= 4 is 17.2 Å². The van der Waals surface area contributed by atoms with E-state index in [-0.39, 0.29) is 5.56 Å². The topological polar surface area (TPSA) is 42.0 Å². The molecule has 23 heavy (non-hydrogen) atoms. The molecule has 2 aromatic carbocycles. The number of aromatic nitrogens is 1. The maximum Gasteiger partial charge on any atom is 0.254 e. The number of carbonyl (C=O) groups is 1. The largest absolute Gasteiger partial charge is 0.348 e. The van der Waals surface area contributed by atoms with Gasteiger partial charge in [-0.15, -0.1) is 11.3 Å². The number of carbonyl (C=O) groups excluding carboxylic acids is 1. The molecule has 116 valence electrons. The fraction of sp³-hybridized carbons (Fsp3) is 0.111. The van der Waals surface area contributed by atoms with E-state index in [1.165, 1.54) is 12.1 Å². The molecule has 0 spiro atoms. The van der Waals surface area contributed by atoms with E-state index in [2.05, 4.69) is 10.3 Å². The molecule has 0 aliphatic rings. The molecule has 0 radical (unpaired) electrons. The maximum atomic E-state index is 13.6. The lowest BCUT2D eigenvalue weighted by atomic mass is 10.1. The lowest BCUT2D eigenvalue weighted by Gasteiger charge is -2.09. The summed E-state index contributed by atoms with van der Waals surface area (Å²) in [6.45, 7) is 2.27. The van der Waals surface area contributed by atoms with Gasteiger partial charge in [0.05, 0.1) is 5.56 Å². The van der Waals surface area contributed by atoms with Gasteiger partial charge in [-0.2, -0.15) is 0 Å². The van der Waals surface area contributed by atoms with Crippen LogP contribution in [0, 0.1) is 12.7 Å². The predicted octanol–water partition coefficient (Wildman–Crippen LogP) is 4.19. The molecule has 0 saturated carbocycles. The Morgan fingerprint density at radius 2 is 1.91 bits per heavy atom. The van der Waals surface area contributed by atoms with Gasteiger partial charge >= 0.3 is 0 Å². The van der Waals surface area contributed by atoms with Gasteiger partial charge in [0.1, 0.15) is 10.8 Å². The highest BCUT2D eigenvalue weighted by atomic mass is 32.1. The summed E-state index contributed by atoms with van der Waals surface area (Å²) in [5, 5.41) is 5.68. The number of hydrogen-bond donors (Lipinski definition) is 1. The zero-order valence-electron chi connectivity index (χ0n) is 12.5. The molecule has 0 saturated heterocycles. The lowest BCUT2D eigenvalue weighted by Crippen LogP contribution is -2.24. The molecular weight excluding hydrogens is 311 g/mol. The number of amides is 1. The number of halogens is 1. The van der Waals surface area contributed by atoms with Gasteiger partial charge in [0.15, 0.2) is 0 Å². The number of hydrogen-bond acceptors (Lipinski definition) is 3. The van der Waals surface area contributed by atoms with E-state index in [1.807, 2.05) is 36.6 Å². The summed E-state index contributed by atoms with van der Waals surface area (Å²) in [4.78, 5) is 16.6. The Morgan fingerprint density at radius 3 is 2.65 bits per heavy atom. The fourth-order valence-electron chi connectivity index (χ4n) is 2.28. The third-order valence-corrected chi connectivity index (χ3v) is 4.42. The highest BCUT2D eigenvalue weighted by Crippen LogP contribution is 2.26. The number of nitrogens with one attached hydrogen (secondary N) is 1. The van der Waals surface area contributed by atoms with Crippen molar-refractivity contribution in [2.45, 2.75) is 13.5 Å². The monoisotopic (exact) mass is 326 g/mol. The van der Waals surface area contributed by atoms with Crippen LogP contribution in [0.15, 0.2) is 53.9 Å². The molecule has 0 unspecified atom stereocenters. The Morgan fingerprint density at radius 1 is 1.17 bits per heavy atom. The van der Waals surface area contributed by atoms with Crippen LogP contribution >= 0.6 is 11.3 Å². The number of aryl methyl sites for hydroxylation is 1. The molecule has 0 fully saturated rings. The summed E-state index contributed by atoms with van der Waals surface area (Å²) in [6.07, 6.45) is 0. The summed E-state index contributed by atoms with van der Waals surface area (Å²) in [7, 11) is 0. The van der Waals surface area contributed by atoms with Crippen LogP contribution in [0.25, 0.3) is 10.6 Å². The Kier molecular flexibility index (Phi) is 4.48. The van der Waals surface area contributed by atoms with Crippen molar-refractivity contribution in [3.63, 3.8) is 0 Å². The Balaban J connectivity index is 1.79. The van der Waals surface area contributed by atoms with Crippen molar-refractivity contribution in [2.24, 2.45) is 0 Å². The number of thiazole rings is 1. The van der Waals surface area contributed by atoms with Gasteiger partial charge in [-0.3, -0.25) is 4.79 Å². The van der Waals surface area contributed by atoms with Crippen molar-refractivity contribution in [3.05, 3.63) is 76.5 Å². The second-order valence-electron chi connectivity index (χ2n) is 5.11. The summed E-state index contributed by atoms with van der Waals surface area (Å²) in [5.41, 5.74) is 2.95. The Labute approximate surface area is 137 Å².